The van der Waals surface area contributed by atoms with Crippen molar-refractivity contribution in [1.29, 1.82) is 0 Å². The van der Waals surface area contributed by atoms with Crippen molar-refractivity contribution in [1.82, 2.24) is 19.0 Å². The molecule has 0 saturated carbocycles. The average Bonchev–Trinajstić information content (AvgIpc) is 3.15. The van der Waals surface area contributed by atoms with Gasteiger partial charge in [0.1, 0.15) is 10.7 Å². The molecule has 0 atom stereocenters. The number of amides is 1. The zero-order chi connectivity index (χ0) is 22.2. The molecule has 1 fully saturated rings. The fourth-order valence-corrected chi connectivity index (χ4v) is 5.47. The van der Waals surface area contributed by atoms with Crippen molar-refractivity contribution in [3.05, 3.63) is 76.8 Å². The summed E-state index contributed by atoms with van der Waals surface area (Å²) in [6, 6.07) is 12.1. The van der Waals surface area contributed by atoms with Crippen LogP contribution >= 0.6 is 11.6 Å². The number of sulfonamides is 1. The van der Waals surface area contributed by atoms with Crippen LogP contribution in [0.15, 0.2) is 59.6 Å². The minimum Gasteiger partial charge on any atom is -0.336 e. The summed E-state index contributed by atoms with van der Waals surface area (Å²) in [5.74, 6) is -0.574. The van der Waals surface area contributed by atoms with Gasteiger partial charge in [-0.25, -0.2) is 17.5 Å². The summed E-state index contributed by atoms with van der Waals surface area (Å²) in [4.78, 5) is 14.7. The van der Waals surface area contributed by atoms with E-state index in [-0.39, 0.29) is 47.8 Å². The number of carbonyl (C=O) groups is 1. The number of rotatable bonds is 4. The number of nitrogens with zero attached hydrogens (tertiary/aromatic N) is 4. The van der Waals surface area contributed by atoms with Gasteiger partial charge in [-0.2, -0.15) is 9.40 Å². The Morgan fingerprint density at radius 2 is 1.68 bits per heavy atom. The largest absolute Gasteiger partial charge is 0.336 e. The first-order valence-electron chi connectivity index (χ1n) is 9.63. The van der Waals surface area contributed by atoms with Crippen molar-refractivity contribution in [3.8, 4) is 5.69 Å². The number of piperazine rings is 1. The lowest BCUT2D eigenvalue weighted by atomic mass is 10.2. The number of hydrogen-bond acceptors (Lipinski definition) is 4. The molecule has 31 heavy (non-hydrogen) atoms. The minimum atomic E-state index is -3.73. The van der Waals surface area contributed by atoms with E-state index in [2.05, 4.69) is 5.10 Å². The summed E-state index contributed by atoms with van der Waals surface area (Å²) in [6.45, 7) is 2.62. The molecule has 0 bridgehead atoms. The fraction of sp³-hybridized carbons (Fsp3) is 0.238. The van der Waals surface area contributed by atoms with Crippen LogP contribution in [0.1, 0.15) is 16.1 Å². The lowest BCUT2D eigenvalue weighted by molar-refractivity contribution is 0.0697. The van der Waals surface area contributed by atoms with E-state index in [1.54, 1.807) is 40.8 Å². The molecule has 162 valence electrons. The van der Waals surface area contributed by atoms with E-state index >= 15 is 0 Å². The summed E-state index contributed by atoms with van der Waals surface area (Å²) < 4.78 is 41.9. The van der Waals surface area contributed by atoms with Gasteiger partial charge in [0, 0.05) is 26.2 Å². The molecular weight excluding hydrogens is 443 g/mol. The molecular formula is C21H20ClFN4O3S. The van der Waals surface area contributed by atoms with E-state index in [0.717, 1.165) is 0 Å². The predicted octanol–water partition coefficient (Wildman–Crippen LogP) is 3.12. The second-order valence-electron chi connectivity index (χ2n) is 7.16. The second kappa shape index (κ2) is 8.41. The van der Waals surface area contributed by atoms with Crippen LogP contribution in [0, 0.1) is 12.7 Å². The van der Waals surface area contributed by atoms with Crippen LogP contribution in [0.3, 0.4) is 0 Å². The SMILES string of the molecule is Cc1c(C(=O)N2CCN(S(=O)(=O)c3ccccc3Cl)CC2)cnn1-c1ccc(F)cc1. The Hall–Kier alpha value is -2.75. The summed E-state index contributed by atoms with van der Waals surface area (Å²) in [5, 5.41) is 4.43. The first kappa shape index (κ1) is 21.5. The Morgan fingerprint density at radius 1 is 1.03 bits per heavy atom. The van der Waals surface area contributed by atoms with Crippen molar-refractivity contribution < 1.29 is 17.6 Å². The number of carbonyl (C=O) groups excluding carboxylic acids is 1. The predicted molar refractivity (Wildman–Crippen MR) is 114 cm³/mol. The summed E-state index contributed by atoms with van der Waals surface area (Å²) in [6.07, 6.45) is 1.48. The van der Waals surface area contributed by atoms with Crippen LogP contribution in [-0.4, -0.2) is 59.5 Å². The Bertz CT molecular complexity index is 1220. The number of aromatic nitrogens is 2. The highest BCUT2D eigenvalue weighted by Crippen LogP contribution is 2.25. The second-order valence-corrected chi connectivity index (χ2v) is 9.47. The summed E-state index contributed by atoms with van der Waals surface area (Å²) in [5.41, 5.74) is 1.70. The van der Waals surface area contributed by atoms with Gasteiger partial charge in [-0.3, -0.25) is 4.79 Å². The maximum absolute atomic E-state index is 13.2. The molecule has 2 aromatic carbocycles. The van der Waals surface area contributed by atoms with Gasteiger partial charge in [-0.15, -0.1) is 0 Å². The van der Waals surface area contributed by atoms with Crippen molar-refractivity contribution in [3.63, 3.8) is 0 Å². The molecule has 1 saturated heterocycles. The first-order chi connectivity index (χ1) is 14.8. The fourth-order valence-electron chi connectivity index (χ4n) is 3.56. The van der Waals surface area contributed by atoms with Crippen molar-refractivity contribution in [2.24, 2.45) is 0 Å². The van der Waals surface area contributed by atoms with Gasteiger partial charge in [0.25, 0.3) is 5.91 Å². The van der Waals surface area contributed by atoms with Crippen LogP contribution in [0.25, 0.3) is 5.69 Å². The molecule has 2 heterocycles. The average molecular weight is 463 g/mol. The van der Waals surface area contributed by atoms with Gasteiger partial charge in [0.05, 0.1) is 28.2 Å². The van der Waals surface area contributed by atoms with Gasteiger partial charge < -0.3 is 4.90 Å². The molecule has 0 N–H and O–H groups in total. The number of benzene rings is 2. The quantitative estimate of drug-likeness (QED) is 0.597. The van der Waals surface area contributed by atoms with E-state index < -0.39 is 10.0 Å². The third-order valence-corrected chi connectivity index (χ3v) is 7.69. The lowest BCUT2D eigenvalue weighted by Gasteiger charge is -2.34. The van der Waals surface area contributed by atoms with Crippen LogP contribution < -0.4 is 0 Å². The number of hydrogen-bond donors (Lipinski definition) is 0. The third kappa shape index (κ3) is 4.08. The molecule has 7 nitrogen and oxygen atoms in total. The molecule has 0 aliphatic carbocycles. The molecule has 10 heteroatoms. The van der Waals surface area contributed by atoms with Crippen molar-refractivity contribution >= 4 is 27.5 Å². The van der Waals surface area contributed by atoms with Crippen molar-refractivity contribution in [2.75, 3.05) is 26.2 Å². The highest BCUT2D eigenvalue weighted by atomic mass is 35.5. The van der Waals surface area contributed by atoms with Gasteiger partial charge >= 0.3 is 0 Å². The smallest absolute Gasteiger partial charge is 0.257 e. The first-order valence-corrected chi connectivity index (χ1v) is 11.5. The zero-order valence-corrected chi connectivity index (χ0v) is 18.3. The van der Waals surface area contributed by atoms with E-state index in [9.17, 15) is 17.6 Å². The summed E-state index contributed by atoms with van der Waals surface area (Å²) in [7, 11) is -3.73. The topological polar surface area (TPSA) is 75.5 Å². The maximum atomic E-state index is 13.2. The molecule has 4 rings (SSSR count). The summed E-state index contributed by atoms with van der Waals surface area (Å²) >= 11 is 6.07. The molecule has 1 aliphatic heterocycles. The normalized spacial score (nSPS) is 15.3. The van der Waals surface area contributed by atoms with E-state index in [0.29, 0.717) is 16.9 Å². The van der Waals surface area contributed by atoms with E-state index in [1.807, 2.05) is 0 Å². The molecule has 3 aromatic rings. The maximum Gasteiger partial charge on any atom is 0.257 e. The molecule has 1 aliphatic rings. The highest BCUT2D eigenvalue weighted by molar-refractivity contribution is 7.89. The van der Waals surface area contributed by atoms with Crippen LogP contribution in [-0.2, 0) is 10.0 Å². The monoisotopic (exact) mass is 462 g/mol. The molecule has 0 unspecified atom stereocenters. The Labute approximate surface area is 184 Å². The van der Waals surface area contributed by atoms with Gasteiger partial charge in [-0.1, -0.05) is 23.7 Å². The highest BCUT2D eigenvalue weighted by Gasteiger charge is 2.32. The van der Waals surface area contributed by atoms with Gasteiger partial charge in [0.2, 0.25) is 10.0 Å². The molecule has 1 aromatic heterocycles. The van der Waals surface area contributed by atoms with E-state index in [1.165, 1.54) is 34.8 Å². The Morgan fingerprint density at radius 3 is 2.32 bits per heavy atom. The molecule has 0 radical (unpaired) electrons. The molecule has 1 amide bonds. The van der Waals surface area contributed by atoms with Crippen molar-refractivity contribution in [2.45, 2.75) is 11.8 Å². The lowest BCUT2D eigenvalue weighted by Crippen LogP contribution is -2.50. The Balaban J connectivity index is 1.48. The standard InChI is InChI=1S/C21H20ClFN4O3S/c1-15-18(14-24-27(15)17-8-6-16(23)7-9-17)21(28)25-10-12-26(13-11-25)31(29,30)20-5-3-2-4-19(20)22/h2-9,14H,10-13H2,1H3. The van der Waals surface area contributed by atoms with Crippen LogP contribution in [0.4, 0.5) is 4.39 Å². The van der Waals surface area contributed by atoms with Gasteiger partial charge in [-0.05, 0) is 43.3 Å². The zero-order valence-electron chi connectivity index (χ0n) is 16.7. The van der Waals surface area contributed by atoms with E-state index in [4.69, 9.17) is 11.6 Å². The number of halogens is 2. The van der Waals surface area contributed by atoms with Gasteiger partial charge in [0.15, 0.2) is 0 Å². The Kier molecular flexibility index (Phi) is 5.83. The molecule has 0 spiro atoms. The minimum absolute atomic E-state index is 0.0628. The van der Waals surface area contributed by atoms with Crippen LogP contribution in [0.2, 0.25) is 5.02 Å². The third-order valence-electron chi connectivity index (χ3n) is 5.29. The van der Waals surface area contributed by atoms with Crippen LogP contribution in [0.5, 0.6) is 0 Å².